The normalized spacial score (nSPS) is 13.4. The maximum absolute atomic E-state index is 2.48. The molecule has 8 rings (SSSR count). The highest BCUT2D eigenvalue weighted by atomic mass is 14.3. The van der Waals surface area contributed by atoms with Gasteiger partial charge >= 0.3 is 0 Å². The average molecular weight is 405 g/mol. The second-order valence-electron chi connectivity index (χ2n) is 9.32. The SMILES string of the molecule is c1ccc2c(c1)Cc1cc3c4cc5c(cc4c4ccccc4c3cc1-2)-c1ccccc1C5. The lowest BCUT2D eigenvalue weighted by Gasteiger charge is -2.14. The molecule has 0 unspecified atom stereocenters. The van der Waals surface area contributed by atoms with Crippen LogP contribution in [0, 0.1) is 0 Å². The van der Waals surface area contributed by atoms with E-state index in [1.165, 1.54) is 76.8 Å². The third-order valence-electron chi connectivity index (χ3n) is 7.66. The number of hydrogen-bond acceptors (Lipinski definition) is 0. The Balaban J connectivity index is 1.53. The minimum absolute atomic E-state index is 1.03. The molecule has 0 nitrogen and oxygen atoms in total. The number of hydrogen-bond donors (Lipinski definition) is 0. The summed E-state index contributed by atoms with van der Waals surface area (Å²) in [4.78, 5) is 0. The van der Waals surface area contributed by atoms with E-state index in [0.717, 1.165) is 12.8 Å². The molecule has 0 spiro atoms. The van der Waals surface area contributed by atoms with E-state index in [1.54, 1.807) is 0 Å². The maximum atomic E-state index is 2.48. The van der Waals surface area contributed by atoms with Crippen molar-refractivity contribution in [3.63, 3.8) is 0 Å². The minimum Gasteiger partial charge on any atom is -0.0619 e. The van der Waals surface area contributed by atoms with E-state index in [0.29, 0.717) is 0 Å². The van der Waals surface area contributed by atoms with Crippen LogP contribution in [0.4, 0.5) is 0 Å². The van der Waals surface area contributed by atoms with Crippen LogP contribution in [0.15, 0.2) is 97.1 Å². The van der Waals surface area contributed by atoms with E-state index in [9.17, 15) is 0 Å². The van der Waals surface area contributed by atoms with Gasteiger partial charge in [-0.15, -0.1) is 0 Å². The van der Waals surface area contributed by atoms with Crippen molar-refractivity contribution in [1.29, 1.82) is 0 Å². The fraction of sp³-hybridized carbons (Fsp3) is 0.0625. The molecule has 0 atom stereocenters. The standard InChI is InChI=1S/C32H20/c1-3-9-23-19(7-1)13-21-15-29-30-16-22-14-20-8-2-4-10-24(20)28(22)18-32(30)26-12-6-5-11-25(26)31(29)17-27(21)23/h1-12,15-18H,13-14H2. The minimum atomic E-state index is 1.03. The quantitative estimate of drug-likeness (QED) is 0.223. The van der Waals surface area contributed by atoms with Crippen molar-refractivity contribution in [2.24, 2.45) is 0 Å². The third kappa shape index (κ3) is 2.07. The van der Waals surface area contributed by atoms with Crippen molar-refractivity contribution in [3.8, 4) is 22.3 Å². The van der Waals surface area contributed by atoms with Crippen LogP contribution in [0.25, 0.3) is 54.6 Å². The van der Waals surface area contributed by atoms with Crippen molar-refractivity contribution >= 4 is 32.3 Å². The zero-order valence-electron chi connectivity index (χ0n) is 17.7. The molecule has 0 saturated heterocycles. The lowest BCUT2D eigenvalue weighted by Crippen LogP contribution is -1.89. The van der Waals surface area contributed by atoms with E-state index in [1.807, 2.05) is 0 Å². The van der Waals surface area contributed by atoms with Crippen molar-refractivity contribution in [2.45, 2.75) is 12.8 Å². The summed E-state index contributed by atoms with van der Waals surface area (Å²) in [5.41, 5.74) is 11.4. The molecule has 0 heterocycles. The molecule has 0 bridgehead atoms. The molecule has 0 amide bonds. The lowest BCUT2D eigenvalue weighted by atomic mass is 9.89. The predicted molar refractivity (Wildman–Crippen MR) is 135 cm³/mol. The summed E-state index contributed by atoms with van der Waals surface area (Å²) in [6.45, 7) is 0. The van der Waals surface area contributed by atoms with Crippen LogP contribution in [-0.4, -0.2) is 0 Å². The summed E-state index contributed by atoms with van der Waals surface area (Å²) in [5, 5.41) is 8.24. The van der Waals surface area contributed by atoms with Gasteiger partial charge in [0.25, 0.3) is 0 Å². The van der Waals surface area contributed by atoms with Gasteiger partial charge in [0, 0.05) is 0 Å². The zero-order valence-corrected chi connectivity index (χ0v) is 17.7. The molecule has 0 N–H and O–H groups in total. The molecule has 148 valence electrons. The van der Waals surface area contributed by atoms with Crippen LogP contribution >= 0.6 is 0 Å². The van der Waals surface area contributed by atoms with Gasteiger partial charge in [-0.05, 0) is 114 Å². The average Bonchev–Trinajstić information content (AvgIpc) is 3.39. The van der Waals surface area contributed by atoms with Crippen molar-refractivity contribution in [2.75, 3.05) is 0 Å². The lowest BCUT2D eigenvalue weighted by molar-refractivity contribution is 1.27. The van der Waals surface area contributed by atoms with Crippen molar-refractivity contribution in [3.05, 3.63) is 119 Å². The first-order valence-corrected chi connectivity index (χ1v) is 11.5. The van der Waals surface area contributed by atoms with E-state index in [4.69, 9.17) is 0 Å². The number of fused-ring (bicyclic) bond motifs is 12. The molecule has 0 aliphatic heterocycles. The first-order chi connectivity index (χ1) is 15.8. The molecular weight excluding hydrogens is 384 g/mol. The van der Waals surface area contributed by atoms with Crippen molar-refractivity contribution in [1.82, 2.24) is 0 Å². The van der Waals surface area contributed by atoms with Crippen LogP contribution in [0.3, 0.4) is 0 Å². The Labute approximate surface area is 186 Å². The van der Waals surface area contributed by atoms with Crippen molar-refractivity contribution < 1.29 is 0 Å². The zero-order chi connectivity index (χ0) is 20.8. The Morgan fingerprint density at radius 3 is 1.22 bits per heavy atom. The van der Waals surface area contributed by atoms with Gasteiger partial charge in [0.05, 0.1) is 0 Å². The molecule has 6 aromatic carbocycles. The summed E-state index contributed by atoms with van der Waals surface area (Å²) in [5.74, 6) is 0. The van der Waals surface area contributed by atoms with Crippen LogP contribution < -0.4 is 0 Å². The summed E-state index contributed by atoms with van der Waals surface area (Å²) in [6, 6.07) is 36.6. The summed E-state index contributed by atoms with van der Waals surface area (Å²) in [7, 11) is 0. The fourth-order valence-corrected chi connectivity index (χ4v) is 6.21. The Morgan fingerprint density at radius 1 is 0.312 bits per heavy atom. The number of rotatable bonds is 0. The second-order valence-corrected chi connectivity index (χ2v) is 9.32. The molecule has 2 aliphatic carbocycles. The van der Waals surface area contributed by atoms with Crippen LogP contribution in [0.5, 0.6) is 0 Å². The monoisotopic (exact) mass is 404 g/mol. The van der Waals surface area contributed by atoms with E-state index in [2.05, 4.69) is 97.1 Å². The van der Waals surface area contributed by atoms with Gasteiger partial charge in [-0.3, -0.25) is 0 Å². The molecule has 2 aliphatic rings. The van der Waals surface area contributed by atoms with Crippen LogP contribution in [0.1, 0.15) is 22.3 Å². The summed E-state index contributed by atoms with van der Waals surface area (Å²) < 4.78 is 0. The van der Waals surface area contributed by atoms with Gasteiger partial charge in [-0.2, -0.15) is 0 Å². The van der Waals surface area contributed by atoms with Gasteiger partial charge in [0.2, 0.25) is 0 Å². The Morgan fingerprint density at radius 2 is 0.719 bits per heavy atom. The highest BCUT2D eigenvalue weighted by Gasteiger charge is 2.23. The molecule has 0 heteroatoms. The molecule has 32 heavy (non-hydrogen) atoms. The smallest absolute Gasteiger partial charge is 0.00132 e. The van der Waals surface area contributed by atoms with Gasteiger partial charge < -0.3 is 0 Å². The maximum Gasteiger partial charge on any atom is -0.00132 e. The Bertz CT molecular complexity index is 1640. The van der Waals surface area contributed by atoms with Gasteiger partial charge in [-0.25, -0.2) is 0 Å². The first-order valence-electron chi connectivity index (χ1n) is 11.5. The fourth-order valence-electron chi connectivity index (χ4n) is 6.21. The Hall–Kier alpha value is -3.90. The number of benzene rings is 6. The first kappa shape index (κ1) is 16.8. The molecule has 0 radical (unpaired) electrons. The summed E-state index contributed by atoms with van der Waals surface area (Å²) in [6.07, 6.45) is 2.07. The van der Waals surface area contributed by atoms with E-state index < -0.39 is 0 Å². The highest BCUT2D eigenvalue weighted by Crippen LogP contribution is 2.46. The largest absolute Gasteiger partial charge is 0.0619 e. The van der Waals surface area contributed by atoms with E-state index in [-0.39, 0.29) is 0 Å². The van der Waals surface area contributed by atoms with Crippen LogP contribution in [-0.2, 0) is 12.8 Å². The second kappa shape index (κ2) is 5.87. The predicted octanol–water partition coefficient (Wildman–Crippen LogP) is 8.29. The van der Waals surface area contributed by atoms with Crippen LogP contribution in [0.2, 0.25) is 0 Å². The third-order valence-corrected chi connectivity index (χ3v) is 7.66. The molecule has 0 saturated carbocycles. The summed E-state index contributed by atoms with van der Waals surface area (Å²) >= 11 is 0. The van der Waals surface area contributed by atoms with Gasteiger partial charge in [-0.1, -0.05) is 72.8 Å². The highest BCUT2D eigenvalue weighted by molar-refractivity contribution is 6.27. The molecule has 0 fully saturated rings. The Kier molecular flexibility index (Phi) is 3.07. The topological polar surface area (TPSA) is 0 Å². The van der Waals surface area contributed by atoms with Gasteiger partial charge in [0.15, 0.2) is 0 Å². The van der Waals surface area contributed by atoms with E-state index >= 15 is 0 Å². The molecular formula is C32H20. The molecule has 6 aromatic rings. The van der Waals surface area contributed by atoms with Gasteiger partial charge in [0.1, 0.15) is 0 Å². The molecule has 0 aromatic heterocycles.